The number of aromatic amines is 1. The summed E-state index contributed by atoms with van der Waals surface area (Å²) in [7, 11) is 0. The van der Waals surface area contributed by atoms with Crippen LogP contribution in [0.25, 0.3) is 0 Å². The van der Waals surface area contributed by atoms with Gasteiger partial charge in [0.05, 0.1) is 6.20 Å². The van der Waals surface area contributed by atoms with Crippen LogP contribution in [0.1, 0.15) is 10.5 Å². The fraction of sp³-hybridized carbons (Fsp3) is 0.400. The van der Waals surface area contributed by atoms with E-state index in [0.29, 0.717) is 6.54 Å². The first-order valence-electron chi connectivity index (χ1n) is 5.39. The van der Waals surface area contributed by atoms with Crippen LogP contribution in [0.2, 0.25) is 0 Å². The molecule has 1 aliphatic heterocycles. The van der Waals surface area contributed by atoms with Gasteiger partial charge in [-0.05, 0) is 0 Å². The van der Waals surface area contributed by atoms with Gasteiger partial charge in [0.15, 0.2) is 0 Å². The fourth-order valence-corrected chi connectivity index (χ4v) is 1.77. The van der Waals surface area contributed by atoms with E-state index in [1.807, 2.05) is 0 Å². The van der Waals surface area contributed by atoms with E-state index < -0.39 is 23.5 Å². The van der Waals surface area contributed by atoms with Crippen LogP contribution >= 0.6 is 0 Å². The maximum Gasteiger partial charge on any atom is 0.327 e. The average Bonchev–Trinajstić information content (AvgIpc) is 2.39. The minimum Gasteiger partial charge on any atom is -0.480 e. The number of nitrogens with zero attached hydrogens (tertiary/aromatic N) is 2. The minimum atomic E-state index is -1.07. The van der Waals surface area contributed by atoms with Crippen LogP contribution in [0.3, 0.4) is 0 Å². The molecule has 1 aromatic heterocycles. The summed E-state index contributed by atoms with van der Waals surface area (Å²) in [6.07, 6.45) is 2.18. The zero-order chi connectivity index (χ0) is 13.1. The van der Waals surface area contributed by atoms with Crippen LogP contribution in [0.5, 0.6) is 0 Å². The second-order valence-corrected chi connectivity index (χ2v) is 3.85. The highest BCUT2D eigenvalue weighted by atomic mass is 16.4. The zero-order valence-electron chi connectivity index (χ0n) is 9.42. The van der Waals surface area contributed by atoms with Crippen molar-refractivity contribution in [2.75, 3.05) is 19.6 Å². The first-order valence-corrected chi connectivity index (χ1v) is 5.39. The molecule has 0 radical (unpaired) electrons. The number of carboxylic acids is 1. The second-order valence-electron chi connectivity index (χ2n) is 3.85. The molecule has 8 nitrogen and oxygen atoms in total. The summed E-state index contributed by atoms with van der Waals surface area (Å²) in [4.78, 5) is 41.2. The lowest BCUT2D eigenvalue weighted by Gasteiger charge is -2.33. The van der Waals surface area contributed by atoms with Crippen LogP contribution in [-0.2, 0) is 4.79 Å². The average molecular weight is 252 g/mol. The van der Waals surface area contributed by atoms with E-state index in [-0.39, 0.29) is 18.8 Å². The number of rotatable bonds is 2. The third kappa shape index (κ3) is 2.38. The van der Waals surface area contributed by atoms with Crippen LogP contribution in [-0.4, -0.2) is 57.5 Å². The van der Waals surface area contributed by atoms with E-state index in [2.05, 4.69) is 15.3 Å². The molecule has 0 aromatic carbocycles. The van der Waals surface area contributed by atoms with Gasteiger partial charge in [0.25, 0.3) is 11.5 Å². The molecule has 1 saturated heterocycles. The monoisotopic (exact) mass is 252 g/mol. The molecule has 96 valence electrons. The summed E-state index contributed by atoms with van der Waals surface area (Å²) in [6.45, 7) is 1.01. The van der Waals surface area contributed by atoms with Gasteiger partial charge in [0, 0.05) is 25.8 Å². The van der Waals surface area contributed by atoms with Crippen LogP contribution in [0.4, 0.5) is 0 Å². The molecular formula is C10H12N4O4. The van der Waals surface area contributed by atoms with Crippen molar-refractivity contribution in [3.8, 4) is 0 Å². The van der Waals surface area contributed by atoms with E-state index >= 15 is 0 Å². The molecule has 1 aromatic rings. The lowest BCUT2D eigenvalue weighted by molar-refractivity contribution is -0.142. The van der Waals surface area contributed by atoms with Gasteiger partial charge in [-0.3, -0.25) is 9.59 Å². The van der Waals surface area contributed by atoms with Crippen LogP contribution in [0.15, 0.2) is 17.2 Å². The lowest BCUT2D eigenvalue weighted by atomic mass is 10.2. The van der Waals surface area contributed by atoms with Gasteiger partial charge in [-0.1, -0.05) is 0 Å². The Morgan fingerprint density at radius 2 is 2.28 bits per heavy atom. The Hall–Kier alpha value is -2.22. The summed E-state index contributed by atoms with van der Waals surface area (Å²) in [6, 6.07) is -0.917. The van der Waals surface area contributed by atoms with E-state index in [4.69, 9.17) is 5.11 Å². The normalized spacial score (nSPS) is 19.6. The molecule has 1 fully saturated rings. The Morgan fingerprint density at radius 3 is 2.89 bits per heavy atom. The third-order valence-corrected chi connectivity index (χ3v) is 2.68. The van der Waals surface area contributed by atoms with Gasteiger partial charge < -0.3 is 20.3 Å². The summed E-state index contributed by atoms with van der Waals surface area (Å²) >= 11 is 0. The fourth-order valence-electron chi connectivity index (χ4n) is 1.77. The van der Waals surface area contributed by atoms with Crippen LogP contribution in [0, 0.1) is 0 Å². The summed E-state index contributed by atoms with van der Waals surface area (Å²) in [5.74, 6) is -1.57. The highest BCUT2D eigenvalue weighted by molar-refractivity contribution is 5.94. The Balaban J connectivity index is 2.23. The Labute approximate surface area is 102 Å². The maximum atomic E-state index is 12.1. The van der Waals surface area contributed by atoms with Gasteiger partial charge in [-0.25, -0.2) is 9.78 Å². The van der Waals surface area contributed by atoms with Crippen molar-refractivity contribution in [1.82, 2.24) is 20.2 Å². The number of aromatic nitrogens is 2. The zero-order valence-corrected chi connectivity index (χ0v) is 9.42. The van der Waals surface area contributed by atoms with Crippen molar-refractivity contribution in [2.45, 2.75) is 6.04 Å². The topological polar surface area (TPSA) is 115 Å². The van der Waals surface area contributed by atoms with Crippen LogP contribution < -0.4 is 10.9 Å². The lowest BCUT2D eigenvalue weighted by Crippen LogP contribution is -2.57. The first-order chi connectivity index (χ1) is 8.59. The van der Waals surface area contributed by atoms with Gasteiger partial charge >= 0.3 is 5.97 Å². The number of carbonyl (C=O) groups is 2. The quantitative estimate of drug-likeness (QED) is 0.576. The number of hydrogen-bond acceptors (Lipinski definition) is 5. The number of H-pyrrole nitrogens is 1. The predicted molar refractivity (Wildman–Crippen MR) is 60.2 cm³/mol. The molecule has 2 rings (SSSR count). The molecule has 0 saturated carbocycles. The van der Waals surface area contributed by atoms with E-state index in [0.717, 1.165) is 6.20 Å². The minimum absolute atomic E-state index is 0.0303. The Kier molecular flexibility index (Phi) is 3.38. The van der Waals surface area contributed by atoms with Gasteiger partial charge in [0.2, 0.25) is 0 Å². The molecular weight excluding hydrogens is 240 g/mol. The highest BCUT2D eigenvalue weighted by Crippen LogP contribution is 2.08. The maximum absolute atomic E-state index is 12.1. The van der Waals surface area contributed by atoms with Crippen molar-refractivity contribution in [1.29, 1.82) is 0 Å². The van der Waals surface area contributed by atoms with Crippen molar-refractivity contribution in [3.63, 3.8) is 0 Å². The largest absolute Gasteiger partial charge is 0.480 e. The van der Waals surface area contributed by atoms with Gasteiger partial charge in [-0.2, -0.15) is 0 Å². The number of hydrogen-bond donors (Lipinski definition) is 3. The molecule has 1 atom stereocenters. The van der Waals surface area contributed by atoms with Crippen molar-refractivity contribution in [2.24, 2.45) is 0 Å². The Morgan fingerprint density at radius 1 is 1.50 bits per heavy atom. The van der Waals surface area contributed by atoms with Gasteiger partial charge in [-0.15, -0.1) is 0 Å². The summed E-state index contributed by atoms with van der Waals surface area (Å²) in [5, 5.41) is 11.9. The van der Waals surface area contributed by atoms with E-state index in [1.165, 1.54) is 11.1 Å². The molecule has 3 N–H and O–H groups in total. The predicted octanol–water partition coefficient (Wildman–Crippen LogP) is -1.73. The van der Waals surface area contributed by atoms with Gasteiger partial charge in [0.1, 0.15) is 11.7 Å². The highest BCUT2D eigenvalue weighted by Gasteiger charge is 2.32. The molecule has 18 heavy (non-hydrogen) atoms. The van der Waals surface area contributed by atoms with Crippen molar-refractivity contribution >= 4 is 11.9 Å². The molecule has 1 amide bonds. The SMILES string of the molecule is O=C(O)C1CNCCN1C(=O)c1c[nH]c(=O)cn1. The van der Waals surface area contributed by atoms with Crippen molar-refractivity contribution < 1.29 is 14.7 Å². The molecule has 0 aliphatic carbocycles. The number of amides is 1. The molecule has 0 spiro atoms. The third-order valence-electron chi connectivity index (χ3n) is 2.68. The first kappa shape index (κ1) is 12.2. The molecule has 2 heterocycles. The number of nitrogens with one attached hydrogen (secondary N) is 2. The number of aliphatic carboxylic acids is 1. The summed E-state index contributed by atoms with van der Waals surface area (Å²) in [5.41, 5.74) is -0.385. The Bertz CT molecular complexity index is 506. The number of carboxylic acid groups (broad SMARTS) is 1. The second kappa shape index (κ2) is 4.96. The van der Waals surface area contributed by atoms with E-state index in [1.54, 1.807) is 0 Å². The van der Waals surface area contributed by atoms with E-state index in [9.17, 15) is 14.4 Å². The molecule has 1 unspecified atom stereocenters. The van der Waals surface area contributed by atoms with Crippen molar-refractivity contribution in [3.05, 3.63) is 28.4 Å². The molecule has 0 bridgehead atoms. The smallest absolute Gasteiger partial charge is 0.327 e. The molecule has 1 aliphatic rings. The molecule has 8 heteroatoms. The standard InChI is InChI=1S/C10H12N4O4/c15-8-5-12-6(3-13-8)9(16)14-2-1-11-4-7(14)10(17)18/h3,5,7,11H,1-2,4H2,(H,13,15)(H,17,18). The number of piperazine rings is 1. The summed E-state index contributed by atoms with van der Waals surface area (Å²) < 4.78 is 0. The number of carbonyl (C=O) groups excluding carboxylic acids is 1.